The zero-order chi connectivity index (χ0) is 46.0. The minimum Gasteiger partial charge on any atom is -0.334 e. The lowest BCUT2D eigenvalue weighted by atomic mass is 9.81. The van der Waals surface area contributed by atoms with Crippen molar-refractivity contribution in [2.75, 3.05) is 9.80 Å². The average molecular weight is 840 g/mol. The van der Waals surface area contributed by atoms with Crippen molar-refractivity contribution >= 4 is 73.7 Å². The van der Waals surface area contributed by atoms with Crippen molar-refractivity contribution in [3.8, 4) is 0 Å². The summed E-state index contributed by atoms with van der Waals surface area (Å²) in [5.41, 5.74) is 16.0. The quantitative estimate of drug-likeness (QED) is 0.0730. The molecular weight excluding hydrogens is 775 g/mol. The van der Waals surface area contributed by atoms with Crippen molar-refractivity contribution in [2.45, 2.75) is 73.3 Å². The molecule has 0 saturated heterocycles. The van der Waals surface area contributed by atoms with Gasteiger partial charge in [-0.1, -0.05) is 176 Å². The fourth-order valence-corrected chi connectivity index (χ4v) is 8.44. The van der Waals surface area contributed by atoms with Crippen molar-refractivity contribution in [3.05, 3.63) is 224 Å². The first-order valence-electron chi connectivity index (χ1n) is 22.6. The monoisotopic (exact) mass is 840 g/mol. The first-order valence-corrected chi connectivity index (χ1v) is 22.6. The van der Waals surface area contributed by atoms with Gasteiger partial charge in [0, 0.05) is 39.2 Å². The molecule has 8 rings (SSSR count). The molecule has 0 spiro atoms. The molecule has 324 valence electrons. The molecule has 0 fully saturated rings. The molecule has 6 aromatic carbocycles. The minimum atomic E-state index is -0.0513. The van der Waals surface area contributed by atoms with Gasteiger partial charge in [-0.15, -0.1) is 13.2 Å². The van der Waals surface area contributed by atoms with Gasteiger partial charge in [-0.05, 0) is 120 Å². The Morgan fingerprint density at radius 1 is 0.609 bits per heavy atom. The molecule has 3 nitrogen and oxygen atoms in total. The van der Waals surface area contributed by atoms with Crippen LogP contribution in [0.1, 0.15) is 90.1 Å². The van der Waals surface area contributed by atoms with Gasteiger partial charge in [0.1, 0.15) is 0 Å². The molecule has 1 atom stereocenters. The smallest absolute Gasteiger partial charge is 0.0703 e. The lowest BCUT2D eigenvalue weighted by Crippen LogP contribution is -2.23. The second-order valence-corrected chi connectivity index (χ2v) is 16.9. The van der Waals surface area contributed by atoms with Crippen molar-refractivity contribution in [1.29, 1.82) is 0 Å². The maximum atomic E-state index is 4.40. The number of anilines is 6. The maximum Gasteiger partial charge on any atom is 0.0703 e. The van der Waals surface area contributed by atoms with E-state index in [1.165, 1.54) is 32.9 Å². The van der Waals surface area contributed by atoms with Gasteiger partial charge in [0.05, 0.1) is 22.7 Å². The number of allylic oxidation sites excluding steroid dienone is 8. The predicted octanol–water partition coefficient (Wildman–Crippen LogP) is 18.6. The van der Waals surface area contributed by atoms with Crippen LogP contribution in [0.4, 0.5) is 34.1 Å². The third kappa shape index (κ3) is 9.75. The van der Waals surface area contributed by atoms with Crippen LogP contribution in [0.25, 0.3) is 39.5 Å². The molecule has 0 saturated carbocycles. The van der Waals surface area contributed by atoms with Crippen LogP contribution >= 0.6 is 0 Å². The topological polar surface area (TPSA) is 11.4 Å². The molecule has 64 heavy (non-hydrogen) atoms. The molecule has 1 aliphatic heterocycles. The fraction of sp³-hybridized carbons (Fsp3) is 0.180. The molecule has 2 heterocycles. The lowest BCUT2D eigenvalue weighted by Gasteiger charge is -2.40. The van der Waals surface area contributed by atoms with Crippen molar-refractivity contribution in [3.63, 3.8) is 0 Å². The summed E-state index contributed by atoms with van der Waals surface area (Å²) in [5, 5.41) is 2.46. The molecule has 7 aromatic rings. The normalized spacial score (nSPS) is 12.9. The van der Waals surface area contributed by atoms with Crippen LogP contribution in [0.5, 0.6) is 0 Å². The van der Waals surface area contributed by atoms with Crippen molar-refractivity contribution in [2.24, 2.45) is 0 Å². The van der Waals surface area contributed by atoms with E-state index in [0.29, 0.717) is 0 Å². The van der Waals surface area contributed by atoms with Gasteiger partial charge in [0.2, 0.25) is 0 Å². The van der Waals surface area contributed by atoms with E-state index in [2.05, 4.69) is 251 Å². The highest BCUT2D eigenvalue weighted by Crippen LogP contribution is 2.54. The lowest BCUT2D eigenvalue weighted by molar-refractivity contribution is 0.588. The summed E-state index contributed by atoms with van der Waals surface area (Å²) >= 11 is 0. The number of rotatable bonds is 11. The van der Waals surface area contributed by atoms with Gasteiger partial charge in [0.25, 0.3) is 0 Å². The first kappa shape index (κ1) is 46.4. The van der Waals surface area contributed by atoms with E-state index in [9.17, 15) is 0 Å². The number of aromatic nitrogens is 1. The minimum absolute atomic E-state index is 0.0513. The Hall–Kier alpha value is -7.10. The zero-order valence-electron chi connectivity index (χ0n) is 39.3. The number of benzene rings is 6. The Morgan fingerprint density at radius 2 is 1.12 bits per heavy atom. The third-order valence-electron chi connectivity index (χ3n) is 11.3. The summed E-state index contributed by atoms with van der Waals surface area (Å²) in [5.74, 6) is 0. The molecule has 3 heteroatoms. The van der Waals surface area contributed by atoms with E-state index in [4.69, 9.17) is 0 Å². The van der Waals surface area contributed by atoms with Crippen LogP contribution in [0.3, 0.4) is 0 Å². The van der Waals surface area contributed by atoms with E-state index >= 15 is 0 Å². The van der Waals surface area contributed by atoms with Crippen molar-refractivity contribution < 1.29 is 0 Å². The second kappa shape index (κ2) is 20.8. The van der Waals surface area contributed by atoms with Gasteiger partial charge >= 0.3 is 0 Å². The highest BCUT2D eigenvalue weighted by Gasteiger charge is 2.30. The maximum absolute atomic E-state index is 4.40. The molecule has 1 aromatic heterocycles. The predicted molar refractivity (Wildman–Crippen MR) is 285 cm³/mol. The standard InChI is InChI=1S/C57H55N3.C2H6.C2H4/c1-9-10-11-13-20-42(5)58-51-35-32-43(29-30-44-31-34-47(41(4)28-27-40(2)3)50(38-44)57(6,7)8)37-48(51)49-39-46(33-36-52(49)58)60-55-25-18-16-23-53(55)59(45-21-14-12-15-22-45)54-24-17-19-26-56(54)60;2*1-2/h10-39,42H,2,4,9H2,1,3,5-8H3;1-2H3;1-2H2/b11-10-,20-13-,28-27-,30-29+;;. The van der Waals surface area contributed by atoms with Gasteiger partial charge < -0.3 is 14.4 Å². The Bertz CT molecular complexity index is 2820. The number of hydrogen-bond donors (Lipinski definition) is 0. The van der Waals surface area contributed by atoms with E-state index in [1.807, 2.05) is 26.8 Å². The average Bonchev–Trinajstić information content (AvgIpc) is 3.64. The highest BCUT2D eigenvalue weighted by atomic mass is 15.3. The molecule has 0 N–H and O–H groups in total. The summed E-state index contributed by atoms with van der Waals surface area (Å²) in [7, 11) is 0. The Balaban J connectivity index is 0.00000165. The third-order valence-corrected chi connectivity index (χ3v) is 11.3. The number of nitrogens with zero attached hydrogens (tertiary/aromatic N) is 3. The number of para-hydroxylation sites is 5. The summed E-state index contributed by atoms with van der Waals surface area (Å²) in [4.78, 5) is 4.80. The van der Waals surface area contributed by atoms with Gasteiger partial charge in [-0.25, -0.2) is 0 Å². The van der Waals surface area contributed by atoms with E-state index in [-0.39, 0.29) is 11.5 Å². The van der Waals surface area contributed by atoms with E-state index in [0.717, 1.165) is 62.8 Å². The Labute approximate surface area is 383 Å². The summed E-state index contributed by atoms with van der Waals surface area (Å²) in [6, 6.07) is 48.9. The van der Waals surface area contributed by atoms with Crippen LogP contribution in [0.15, 0.2) is 202 Å². The molecule has 0 amide bonds. The Kier molecular flexibility index (Phi) is 15.1. The summed E-state index contributed by atoms with van der Waals surface area (Å²) < 4.78 is 2.48. The SMILES string of the molecule is C=C.C=C(C)/C=C\C(=C)c1ccc(/C=C/c2ccc3c(c2)c2cc(N4c5ccccc5N(c5ccccc5)c5ccccc54)ccc2n3C(C)/C=C\C=C/CC)cc1C(C)(C)C.CC. The van der Waals surface area contributed by atoms with Crippen LogP contribution in [0, 0.1) is 0 Å². The molecule has 1 unspecified atom stereocenters. The molecule has 1 aliphatic rings. The largest absolute Gasteiger partial charge is 0.334 e. The summed E-state index contributed by atoms with van der Waals surface area (Å²) in [6.45, 7) is 31.7. The first-order chi connectivity index (χ1) is 31.0. The van der Waals surface area contributed by atoms with Crippen LogP contribution in [-0.4, -0.2) is 4.57 Å². The van der Waals surface area contributed by atoms with Crippen molar-refractivity contribution in [1.82, 2.24) is 4.57 Å². The van der Waals surface area contributed by atoms with E-state index < -0.39 is 0 Å². The number of hydrogen-bond acceptors (Lipinski definition) is 2. The fourth-order valence-electron chi connectivity index (χ4n) is 8.44. The molecule has 0 bridgehead atoms. The second-order valence-electron chi connectivity index (χ2n) is 16.9. The number of fused-ring (bicyclic) bond motifs is 5. The van der Waals surface area contributed by atoms with Gasteiger partial charge in [-0.3, -0.25) is 0 Å². The summed E-state index contributed by atoms with van der Waals surface area (Å²) in [6.07, 6.45) is 18.4. The Morgan fingerprint density at radius 3 is 1.69 bits per heavy atom. The van der Waals surface area contributed by atoms with Crippen LogP contribution < -0.4 is 9.80 Å². The van der Waals surface area contributed by atoms with Crippen LogP contribution in [-0.2, 0) is 5.41 Å². The molecule has 0 radical (unpaired) electrons. The van der Waals surface area contributed by atoms with Gasteiger partial charge in [0.15, 0.2) is 0 Å². The zero-order valence-corrected chi connectivity index (χ0v) is 39.3. The molecular formula is C61H65N3. The molecule has 0 aliphatic carbocycles. The van der Waals surface area contributed by atoms with Gasteiger partial charge in [-0.2, -0.15) is 0 Å². The highest BCUT2D eigenvalue weighted by molar-refractivity contribution is 6.11. The van der Waals surface area contributed by atoms with Crippen LogP contribution in [0.2, 0.25) is 0 Å². The van der Waals surface area contributed by atoms with E-state index in [1.54, 1.807) is 0 Å².